The van der Waals surface area contributed by atoms with Gasteiger partial charge < -0.3 is 15.2 Å². The van der Waals surface area contributed by atoms with Crippen LogP contribution in [0.4, 0.5) is 0 Å². The Bertz CT molecular complexity index is 347. The van der Waals surface area contributed by atoms with Crippen molar-refractivity contribution < 1.29 is 9.47 Å². The first-order valence-electron chi connectivity index (χ1n) is 4.83. The molecule has 0 saturated heterocycles. The number of benzene rings is 1. The standard InChI is InChI=1S/C11H12O2.CH5N/c1-8-5-10-6-11(12-2)4-3-9(10)7-13-8;1-2/h3-4,6H,1,5,7H2,2H3;2H2,1H3. The van der Waals surface area contributed by atoms with Gasteiger partial charge in [-0.05, 0) is 30.3 Å². The van der Waals surface area contributed by atoms with Gasteiger partial charge in [-0.3, -0.25) is 0 Å². The van der Waals surface area contributed by atoms with Crippen molar-refractivity contribution in [2.45, 2.75) is 13.0 Å². The fourth-order valence-corrected chi connectivity index (χ4v) is 1.48. The Labute approximate surface area is 90.5 Å². The van der Waals surface area contributed by atoms with Crippen LogP contribution < -0.4 is 10.5 Å². The maximum atomic E-state index is 5.34. The minimum atomic E-state index is 0.637. The quantitative estimate of drug-likeness (QED) is 0.764. The second kappa shape index (κ2) is 5.41. The second-order valence-corrected chi connectivity index (χ2v) is 3.14. The molecule has 0 bridgehead atoms. The number of ether oxygens (including phenoxy) is 2. The minimum Gasteiger partial charge on any atom is -0.497 e. The van der Waals surface area contributed by atoms with Crippen LogP contribution in [0.5, 0.6) is 5.75 Å². The normalized spacial score (nSPS) is 13.1. The third kappa shape index (κ3) is 2.73. The molecule has 2 rings (SSSR count). The molecule has 0 saturated carbocycles. The first kappa shape index (κ1) is 11.6. The zero-order valence-electron chi connectivity index (χ0n) is 9.25. The Morgan fingerprint density at radius 1 is 1.33 bits per heavy atom. The zero-order valence-corrected chi connectivity index (χ0v) is 9.25. The largest absolute Gasteiger partial charge is 0.497 e. The molecule has 0 aliphatic carbocycles. The summed E-state index contributed by atoms with van der Waals surface area (Å²) in [7, 11) is 3.18. The predicted octanol–water partition coefficient (Wildman–Crippen LogP) is 1.86. The lowest BCUT2D eigenvalue weighted by Gasteiger charge is -2.19. The van der Waals surface area contributed by atoms with E-state index in [0.29, 0.717) is 6.61 Å². The summed E-state index contributed by atoms with van der Waals surface area (Å²) in [4.78, 5) is 0. The molecular weight excluding hydrogens is 190 g/mol. The molecule has 1 aliphatic heterocycles. The molecule has 2 N–H and O–H groups in total. The van der Waals surface area contributed by atoms with Crippen LogP contribution in [0.2, 0.25) is 0 Å². The Morgan fingerprint density at radius 3 is 2.73 bits per heavy atom. The highest BCUT2D eigenvalue weighted by Crippen LogP contribution is 2.25. The van der Waals surface area contributed by atoms with Crippen LogP contribution in [-0.2, 0) is 17.8 Å². The van der Waals surface area contributed by atoms with E-state index in [0.717, 1.165) is 17.9 Å². The summed E-state index contributed by atoms with van der Waals surface area (Å²) in [5.41, 5.74) is 6.99. The van der Waals surface area contributed by atoms with Gasteiger partial charge >= 0.3 is 0 Å². The van der Waals surface area contributed by atoms with Crippen LogP contribution >= 0.6 is 0 Å². The fourth-order valence-electron chi connectivity index (χ4n) is 1.48. The summed E-state index contributed by atoms with van der Waals surface area (Å²) in [5, 5.41) is 0. The van der Waals surface area contributed by atoms with Crippen molar-refractivity contribution in [1.29, 1.82) is 0 Å². The molecule has 0 radical (unpaired) electrons. The first-order chi connectivity index (χ1) is 7.29. The van der Waals surface area contributed by atoms with Crippen molar-refractivity contribution in [3.05, 3.63) is 41.7 Å². The second-order valence-electron chi connectivity index (χ2n) is 3.14. The van der Waals surface area contributed by atoms with Gasteiger partial charge in [0.05, 0.1) is 12.9 Å². The van der Waals surface area contributed by atoms with Gasteiger partial charge in [0.1, 0.15) is 12.4 Å². The maximum Gasteiger partial charge on any atom is 0.119 e. The molecule has 3 nitrogen and oxygen atoms in total. The zero-order chi connectivity index (χ0) is 11.3. The van der Waals surface area contributed by atoms with Crippen LogP contribution in [0.1, 0.15) is 11.1 Å². The summed E-state index contributed by atoms with van der Waals surface area (Å²) in [6.07, 6.45) is 0.798. The van der Waals surface area contributed by atoms with E-state index >= 15 is 0 Å². The van der Waals surface area contributed by atoms with Gasteiger partial charge in [-0.15, -0.1) is 0 Å². The molecule has 1 aromatic carbocycles. The van der Waals surface area contributed by atoms with E-state index in [1.807, 2.05) is 18.2 Å². The van der Waals surface area contributed by atoms with Crippen molar-refractivity contribution in [2.24, 2.45) is 5.73 Å². The van der Waals surface area contributed by atoms with Crippen molar-refractivity contribution in [3.63, 3.8) is 0 Å². The summed E-state index contributed by atoms with van der Waals surface area (Å²) >= 11 is 0. The van der Waals surface area contributed by atoms with Gasteiger partial charge in [-0.2, -0.15) is 0 Å². The van der Waals surface area contributed by atoms with Crippen molar-refractivity contribution in [3.8, 4) is 5.75 Å². The molecule has 0 unspecified atom stereocenters. The molecule has 82 valence electrons. The highest BCUT2D eigenvalue weighted by molar-refractivity contribution is 5.38. The van der Waals surface area contributed by atoms with Gasteiger partial charge in [-0.25, -0.2) is 0 Å². The summed E-state index contributed by atoms with van der Waals surface area (Å²) < 4.78 is 10.5. The van der Waals surface area contributed by atoms with Gasteiger partial charge in [0.15, 0.2) is 0 Å². The Hall–Kier alpha value is -1.48. The monoisotopic (exact) mass is 207 g/mol. The molecule has 3 heteroatoms. The SMILES string of the molecule is C=C1Cc2cc(OC)ccc2CO1.CN. The molecule has 0 spiro atoms. The third-order valence-corrected chi connectivity index (χ3v) is 2.23. The van der Waals surface area contributed by atoms with E-state index in [9.17, 15) is 0 Å². The molecule has 1 heterocycles. The lowest BCUT2D eigenvalue weighted by atomic mass is 10.0. The molecule has 1 aliphatic rings. The summed E-state index contributed by atoms with van der Waals surface area (Å²) in [5.74, 6) is 1.73. The number of hydrogen-bond donors (Lipinski definition) is 1. The van der Waals surface area contributed by atoms with E-state index < -0.39 is 0 Å². The number of allylic oxidation sites excluding steroid dienone is 1. The van der Waals surface area contributed by atoms with Crippen LogP contribution in [0.15, 0.2) is 30.5 Å². The predicted molar refractivity (Wildman–Crippen MR) is 60.7 cm³/mol. The molecule has 0 amide bonds. The number of hydrogen-bond acceptors (Lipinski definition) is 3. The average Bonchev–Trinajstić information content (AvgIpc) is 2.30. The maximum absolute atomic E-state index is 5.34. The van der Waals surface area contributed by atoms with Gasteiger partial charge in [0, 0.05) is 6.42 Å². The first-order valence-corrected chi connectivity index (χ1v) is 4.83. The highest BCUT2D eigenvalue weighted by Gasteiger charge is 2.12. The number of rotatable bonds is 1. The van der Waals surface area contributed by atoms with Gasteiger partial charge in [0.25, 0.3) is 0 Å². The molecule has 15 heavy (non-hydrogen) atoms. The molecule has 0 fully saturated rings. The van der Waals surface area contributed by atoms with Gasteiger partial charge in [-0.1, -0.05) is 12.6 Å². The van der Waals surface area contributed by atoms with Crippen LogP contribution in [0.25, 0.3) is 0 Å². The van der Waals surface area contributed by atoms with E-state index in [-0.39, 0.29) is 0 Å². The Morgan fingerprint density at radius 2 is 2.07 bits per heavy atom. The lowest BCUT2D eigenvalue weighted by molar-refractivity contribution is 0.182. The van der Waals surface area contributed by atoms with E-state index in [1.165, 1.54) is 18.2 Å². The lowest BCUT2D eigenvalue weighted by Crippen LogP contribution is -2.07. The van der Waals surface area contributed by atoms with E-state index in [4.69, 9.17) is 9.47 Å². The minimum absolute atomic E-state index is 0.637. The fraction of sp³-hybridized carbons (Fsp3) is 0.333. The average molecular weight is 207 g/mol. The topological polar surface area (TPSA) is 44.5 Å². The van der Waals surface area contributed by atoms with Crippen LogP contribution in [-0.4, -0.2) is 14.2 Å². The highest BCUT2D eigenvalue weighted by atomic mass is 16.5. The van der Waals surface area contributed by atoms with Crippen molar-refractivity contribution in [1.82, 2.24) is 0 Å². The Kier molecular flexibility index (Phi) is 4.18. The Balaban J connectivity index is 0.000000531. The van der Waals surface area contributed by atoms with E-state index in [2.05, 4.69) is 12.3 Å². The van der Waals surface area contributed by atoms with Crippen LogP contribution in [0.3, 0.4) is 0 Å². The summed E-state index contributed by atoms with van der Waals surface area (Å²) in [6, 6.07) is 6.04. The number of nitrogens with two attached hydrogens (primary N) is 1. The molecule has 0 aromatic heterocycles. The number of methoxy groups -OCH3 is 1. The van der Waals surface area contributed by atoms with Crippen molar-refractivity contribution >= 4 is 0 Å². The molecule has 1 aromatic rings. The van der Waals surface area contributed by atoms with E-state index in [1.54, 1.807) is 7.11 Å². The molecule has 0 atom stereocenters. The number of fused-ring (bicyclic) bond motifs is 1. The third-order valence-electron chi connectivity index (χ3n) is 2.23. The van der Waals surface area contributed by atoms with Crippen molar-refractivity contribution in [2.75, 3.05) is 14.2 Å². The van der Waals surface area contributed by atoms with Gasteiger partial charge in [0.2, 0.25) is 0 Å². The van der Waals surface area contributed by atoms with Crippen LogP contribution in [0, 0.1) is 0 Å². The molecular formula is C12H17NO2. The smallest absolute Gasteiger partial charge is 0.119 e. The summed E-state index contributed by atoms with van der Waals surface area (Å²) in [6.45, 7) is 4.44.